The molecule has 10 heteroatoms. The second-order valence-electron chi connectivity index (χ2n) is 4.28. The molecular formula is C11H18F3N5O2. The summed E-state index contributed by atoms with van der Waals surface area (Å²) in [6.45, 7) is 2.36. The summed E-state index contributed by atoms with van der Waals surface area (Å²) >= 11 is 0. The number of aromatic nitrogens is 3. The van der Waals surface area contributed by atoms with Crippen LogP contribution in [-0.4, -0.2) is 54.0 Å². The second-order valence-corrected chi connectivity index (χ2v) is 4.28. The highest BCUT2D eigenvalue weighted by molar-refractivity contribution is 5.35. The molecular weight excluding hydrogens is 291 g/mol. The average molecular weight is 309 g/mol. The van der Waals surface area contributed by atoms with Gasteiger partial charge in [-0.1, -0.05) is 0 Å². The molecule has 1 aromatic heterocycles. The summed E-state index contributed by atoms with van der Waals surface area (Å²) in [5, 5.41) is 5.48. The van der Waals surface area contributed by atoms with E-state index in [-0.39, 0.29) is 31.2 Å². The lowest BCUT2D eigenvalue weighted by Gasteiger charge is -2.11. The molecule has 0 bridgehead atoms. The van der Waals surface area contributed by atoms with E-state index < -0.39 is 12.8 Å². The molecule has 21 heavy (non-hydrogen) atoms. The zero-order chi connectivity index (χ0) is 15.9. The van der Waals surface area contributed by atoms with E-state index in [4.69, 9.17) is 4.74 Å². The van der Waals surface area contributed by atoms with E-state index in [1.807, 2.05) is 13.8 Å². The van der Waals surface area contributed by atoms with E-state index >= 15 is 0 Å². The molecule has 0 saturated heterocycles. The highest BCUT2D eigenvalue weighted by atomic mass is 19.4. The van der Waals surface area contributed by atoms with Crippen molar-refractivity contribution in [3.63, 3.8) is 0 Å². The number of hydrogen-bond donors (Lipinski definition) is 2. The molecule has 0 radical (unpaired) electrons. The molecule has 1 heterocycles. The summed E-state index contributed by atoms with van der Waals surface area (Å²) in [7, 11) is 1.63. The van der Waals surface area contributed by atoms with Gasteiger partial charge < -0.3 is 20.1 Å². The van der Waals surface area contributed by atoms with Crippen molar-refractivity contribution in [1.82, 2.24) is 15.0 Å². The molecule has 0 atom stereocenters. The Kier molecular flexibility index (Phi) is 6.40. The van der Waals surface area contributed by atoms with Crippen molar-refractivity contribution >= 4 is 11.9 Å². The summed E-state index contributed by atoms with van der Waals surface area (Å²) < 4.78 is 45.4. The van der Waals surface area contributed by atoms with Crippen LogP contribution >= 0.6 is 0 Å². The quantitative estimate of drug-likeness (QED) is 0.707. The Morgan fingerprint density at radius 3 is 2.38 bits per heavy atom. The third kappa shape index (κ3) is 7.49. The minimum absolute atomic E-state index is 0.111. The van der Waals surface area contributed by atoms with Crippen LogP contribution in [0.15, 0.2) is 0 Å². The smallest absolute Gasteiger partial charge is 0.411 e. The van der Waals surface area contributed by atoms with Crippen molar-refractivity contribution < 1.29 is 22.6 Å². The minimum atomic E-state index is -4.33. The zero-order valence-electron chi connectivity index (χ0n) is 12.0. The molecule has 2 N–H and O–H groups in total. The second kappa shape index (κ2) is 7.81. The maximum absolute atomic E-state index is 11.9. The van der Waals surface area contributed by atoms with Crippen molar-refractivity contribution in [2.45, 2.75) is 26.1 Å². The molecule has 7 nitrogen and oxygen atoms in total. The van der Waals surface area contributed by atoms with E-state index in [1.54, 1.807) is 7.05 Å². The van der Waals surface area contributed by atoms with E-state index in [0.717, 1.165) is 0 Å². The monoisotopic (exact) mass is 309 g/mol. The van der Waals surface area contributed by atoms with Crippen LogP contribution in [0.1, 0.15) is 13.8 Å². The summed E-state index contributed by atoms with van der Waals surface area (Å²) in [6, 6.07) is 0.128. The van der Waals surface area contributed by atoms with Gasteiger partial charge in [0.15, 0.2) is 0 Å². The van der Waals surface area contributed by atoms with Crippen LogP contribution in [0.4, 0.5) is 25.1 Å². The van der Waals surface area contributed by atoms with Crippen LogP contribution in [0.3, 0.4) is 0 Å². The standard InChI is InChI=1S/C11H18F3N5O2/c1-7(2)21-10-18-8(15-3)17-9(19-10)16-4-5-20-6-11(12,13)14/h7H,4-6H2,1-3H3,(H2,15,16,17,18,19). The van der Waals surface area contributed by atoms with Crippen LogP contribution in [-0.2, 0) is 4.74 Å². The van der Waals surface area contributed by atoms with Crippen LogP contribution < -0.4 is 15.4 Å². The summed E-state index contributed by atoms with van der Waals surface area (Å²) in [6.07, 6.45) is -4.44. The zero-order valence-corrected chi connectivity index (χ0v) is 12.0. The Labute approximate surface area is 120 Å². The predicted octanol–water partition coefficient (Wildman–Crippen LogP) is 1.69. The number of rotatable bonds is 8. The maximum atomic E-state index is 11.9. The van der Waals surface area contributed by atoms with Crippen molar-refractivity contribution in [2.75, 3.05) is 37.4 Å². The molecule has 120 valence electrons. The molecule has 0 aliphatic rings. The fraction of sp³-hybridized carbons (Fsp3) is 0.727. The van der Waals surface area contributed by atoms with Crippen molar-refractivity contribution in [3.05, 3.63) is 0 Å². The summed E-state index contributed by atoms with van der Waals surface area (Å²) in [5.41, 5.74) is 0. The Hall–Kier alpha value is -1.84. The van der Waals surface area contributed by atoms with Gasteiger partial charge in [-0.05, 0) is 13.8 Å². The van der Waals surface area contributed by atoms with Gasteiger partial charge in [-0.25, -0.2) is 0 Å². The molecule has 0 spiro atoms. The Morgan fingerprint density at radius 2 is 1.81 bits per heavy atom. The first-order valence-electron chi connectivity index (χ1n) is 6.29. The van der Waals surface area contributed by atoms with Gasteiger partial charge in [0.2, 0.25) is 11.9 Å². The minimum Gasteiger partial charge on any atom is -0.461 e. The number of halogens is 3. The molecule has 0 aliphatic carbocycles. The molecule has 1 rings (SSSR count). The van der Waals surface area contributed by atoms with Gasteiger partial charge in [-0.2, -0.15) is 28.1 Å². The SMILES string of the molecule is CNc1nc(NCCOCC(F)(F)F)nc(OC(C)C)n1. The fourth-order valence-electron chi connectivity index (χ4n) is 1.23. The van der Waals surface area contributed by atoms with E-state index in [0.29, 0.717) is 5.95 Å². The molecule has 1 aromatic rings. The Balaban J connectivity index is 2.50. The van der Waals surface area contributed by atoms with Crippen molar-refractivity contribution in [2.24, 2.45) is 0 Å². The molecule has 0 saturated carbocycles. The largest absolute Gasteiger partial charge is 0.461 e. The molecule has 0 unspecified atom stereocenters. The van der Waals surface area contributed by atoms with Gasteiger partial charge >= 0.3 is 12.2 Å². The van der Waals surface area contributed by atoms with Gasteiger partial charge in [0.05, 0.1) is 12.7 Å². The number of hydrogen-bond acceptors (Lipinski definition) is 7. The predicted molar refractivity (Wildman–Crippen MR) is 70.5 cm³/mol. The number of ether oxygens (including phenoxy) is 2. The molecule has 0 amide bonds. The summed E-state index contributed by atoms with van der Waals surface area (Å²) in [5.74, 6) is 0.486. The topological polar surface area (TPSA) is 81.2 Å². The van der Waals surface area contributed by atoms with Gasteiger partial charge in [0.25, 0.3) is 0 Å². The summed E-state index contributed by atoms with van der Waals surface area (Å²) in [4.78, 5) is 12.0. The van der Waals surface area contributed by atoms with Gasteiger partial charge in [0, 0.05) is 13.6 Å². The number of nitrogens with one attached hydrogen (secondary N) is 2. The molecule has 0 aromatic carbocycles. The normalized spacial score (nSPS) is 11.6. The Morgan fingerprint density at radius 1 is 1.14 bits per heavy atom. The van der Waals surface area contributed by atoms with E-state index in [9.17, 15) is 13.2 Å². The average Bonchev–Trinajstić information content (AvgIpc) is 2.35. The molecule has 0 fully saturated rings. The van der Waals surface area contributed by atoms with Crippen LogP contribution in [0.5, 0.6) is 6.01 Å². The van der Waals surface area contributed by atoms with Crippen LogP contribution in [0.2, 0.25) is 0 Å². The van der Waals surface area contributed by atoms with E-state index in [1.165, 1.54) is 0 Å². The first kappa shape index (κ1) is 17.2. The first-order chi connectivity index (χ1) is 9.80. The fourth-order valence-corrected chi connectivity index (χ4v) is 1.23. The number of nitrogens with zero attached hydrogens (tertiary/aromatic N) is 3. The lowest BCUT2D eigenvalue weighted by Crippen LogP contribution is -2.20. The van der Waals surface area contributed by atoms with Crippen molar-refractivity contribution in [3.8, 4) is 6.01 Å². The third-order valence-electron chi connectivity index (χ3n) is 1.97. The number of anilines is 2. The van der Waals surface area contributed by atoms with E-state index in [2.05, 4.69) is 30.3 Å². The van der Waals surface area contributed by atoms with Gasteiger partial charge in [0.1, 0.15) is 6.61 Å². The first-order valence-corrected chi connectivity index (χ1v) is 6.29. The number of alkyl halides is 3. The highest BCUT2D eigenvalue weighted by Gasteiger charge is 2.27. The Bertz CT molecular complexity index is 442. The third-order valence-corrected chi connectivity index (χ3v) is 1.97. The lowest BCUT2D eigenvalue weighted by molar-refractivity contribution is -0.172. The van der Waals surface area contributed by atoms with Crippen molar-refractivity contribution in [1.29, 1.82) is 0 Å². The van der Waals surface area contributed by atoms with Gasteiger partial charge in [-0.15, -0.1) is 0 Å². The molecule has 0 aliphatic heterocycles. The van der Waals surface area contributed by atoms with Crippen LogP contribution in [0, 0.1) is 0 Å². The maximum Gasteiger partial charge on any atom is 0.411 e. The van der Waals surface area contributed by atoms with Crippen LogP contribution in [0.25, 0.3) is 0 Å². The van der Waals surface area contributed by atoms with Gasteiger partial charge in [-0.3, -0.25) is 0 Å². The lowest BCUT2D eigenvalue weighted by atomic mass is 10.5. The highest BCUT2D eigenvalue weighted by Crippen LogP contribution is 2.14.